The number of pyridine rings is 1. The van der Waals surface area contributed by atoms with Crippen molar-refractivity contribution in [3.63, 3.8) is 0 Å². The van der Waals surface area contributed by atoms with Crippen molar-refractivity contribution in [1.29, 1.82) is 0 Å². The lowest BCUT2D eigenvalue weighted by Gasteiger charge is -2.57. The van der Waals surface area contributed by atoms with Gasteiger partial charge in [0.25, 0.3) is 21.6 Å². The molecule has 3 atom stereocenters. The van der Waals surface area contributed by atoms with Crippen LogP contribution in [0.5, 0.6) is 17.2 Å². The van der Waals surface area contributed by atoms with Crippen molar-refractivity contribution in [3.05, 3.63) is 105 Å². The summed E-state index contributed by atoms with van der Waals surface area (Å²) < 4.78 is 57.0. The number of rotatable bonds is 11. The Balaban J connectivity index is 0.874. The summed E-state index contributed by atoms with van der Waals surface area (Å²) in [7, 11) is -4.75. The number of anilines is 2. The third kappa shape index (κ3) is 8.86. The number of ether oxygens (including phenoxy) is 2. The molecule has 3 aliphatic heterocycles. The largest absolute Gasteiger partial charge is 0.489 e. The van der Waals surface area contributed by atoms with Crippen LogP contribution in [0, 0.1) is 27.3 Å². The molecule has 18 heteroatoms. The molecule has 15 nitrogen and oxygen atoms in total. The number of fused-ring (bicyclic) bond motifs is 2. The molecule has 2 aromatic heterocycles. The minimum Gasteiger partial charge on any atom is -0.489 e. The first-order valence-corrected chi connectivity index (χ1v) is 25.6. The number of H-pyrrole nitrogens is 1. The number of nitrogens with one attached hydrogen (secondary N) is 3. The van der Waals surface area contributed by atoms with Crippen LogP contribution in [0.1, 0.15) is 112 Å². The summed E-state index contributed by atoms with van der Waals surface area (Å²) in [6, 6.07) is 17.4. The number of aromatic nitrogens is 2. The maximum atomic E-state index is 14.7. The van der Waals surface area contributed by atoms with E-state index in [4.69, 9.17) is 21.1 Å². The molecule has 1 amide bonds. The van der Waals surface area contributed by atoms with Gasteiger partial charge in [0.05, 0.1) is 32.4 Å². The van der Waals surface area contributed by atoms with Gasteiger partial charge in [-0.3, -0.25) is 19.8 Å². The number of piperidine rings is 1. The molecule has 4 N–H and O–H groups in total. The second-order valence-corrected chi connectivity index (χ2v) is 22.3. The lowest BCUT2D eigenvalue weighted by Crippen LogP contribution is -2.63. The number of halogens is 2. The van der Waals surface area contributed by atoms with Crippen LogP contribution in [-0.4, -0.2) is 89.7 Å². The van der Waals surface area contributed by atoms with E-state index in [-0.39, 0.29) is 68.7 Å². The molecule has 360 valence electrons. The lowest BCUT2D eigenvalue weighted by atomic mass is 9.70. The Morgan fingerprint density at radius 1 is 1.04 bits per heavy atom. The Morgan fingerprint density at radius 2 is 1.79 bits per heavy atom. The number of nitrogens with zero attached hydrogens (tertiary/aromatic N) is 4. The SMILES string of the molecule is CC(C)c1ccccc1[C@@H]1CCC[C@@H]1N1CC2(CCN(c3ccc(C(=O)NS(=O)(=O)c4cc5c(c([N+](=O)[O-])c4)N[C@@H](C4CCC(C)(O)CC4)CO5)c(Oc4cc5c(F)c[nH]c5nc4Cl)c3)CC2)C1. The van der Waals surface area contributed by atoms with Crippen molar-refractivity contribution in [1.82, 2.24) is 19.6 Å². The highest BCUT2D eigenvalue weighted by Gasteiger charge is 2.49. The number of carbonyl (C=O) groups is 1. The summed E-state index contributed by atoms with van der Waals surface area (Å²) in [6.07, 6.45) is 9.26. The maximum absolute atomic E-state index is 14.7. The average Bonchev–Trinajstić information content (AvgIpc) is 3.93. The van der Waals surface area contributed by atoms with Crippen LogP contribution in [0.15, 0.2) is 71.8 Å². The van der Waals surface area contributed by atoms with Crippen LogP contribution >= 0.6 is 11.6 Å². The van der Waals surface area contributed by atoms with Crippen molar-refractivity contribution >= 4 is 55.6 Å². The molecular formula is C50H57ClFN7O8S. The molecule has 0 bridgehead atoms. The molecule has 2 saturated heterocycles. The quantitative estimate of drug-likeness (QED) is 0.0558. The lowest BCUT2D eigenvalue weighted by molar-refractivity contribution is -0.384. The van der Waals surface area contributed by atoms with Gasteiger partial charge in [0, 0.05) is 62.3 Å². The fourth-order valence-corrected chi connectivity index (χ4v) is 12.7. The van der Waals surface area contributed by atoms with Crippen molar-refractivity contribution in [3.8, 4) is 17.2 Å². The van der Waals surface area contributed by atoms with Crippen LogP contribution in [0.25, 0.3) is 11.0 Å². The van der Waals surface area contributed by atoms with Crippen LogP contribution in [0.4, 0.5) is 21.5 Å². The zero-order valence-corrected chi connectivity index (χ0v) is 40.0. The number of carbonyl (C=O) groups excluding carboxylic acids is 1. The number of nitro groups is 1. The van der Waals surface area contributed by atoms with E-state index in [1.807, 2.05) is 0 Å². The summed E-state index contributed by atoms with van der Waals surface area (Å²) >= 11 is 6.54. The highest BCUT2D eigenvalue weighted by molar-refractivity contribution is 7.90. The number of amides is 1. The molecule has 0 radical (unpaired) electrons. The number of benzene rings is 3. The summed E-state index contributed by atoms with van der Waals surface area (Å²) in [5, 5.41) is 26.0. The fraction of sp³-hybridized carbons (Fsp3) is 0.480. The van der Waals surface area contributed by atoms with Gasteiger partial charge >= 0.3 is 0 Å². The molecule has 68 heavy (non-hydrogen) atoms. The maximum Gasteiger partial charge on any atom is 0.297 e. The summed E-state index contributed by atoms with van der Waals surface area (Å²) in [5.74, 6) is -0.737. The number of aliphatic hydroxyl groups is 1. The number of hydrogen-bond acceptors (Lipinski definition) is 12. The molecule has 3 aromatic carbocycles. The zero-order chi connectivity index (χ0) is 47.7. The van der Waals surface area contributed by atoms with E-state index < -0.39 is 42.9 Å². The first-order chi connectivity index (χ1) is 32.5. The monoisotopic (exact) mass is 969 g/mol. The Labute approximate surface area is 399 Å². The Morgan fingerprint density at radius 3 is 2.53 bits per heavy atom. The van der Waals surface area contributed by atoms with Crippen LogP contribution in [0.2, 0.25) is 5.15 Å². The first kappa shape index (κ1) is 46.2. The molecule has 5 heterocycles. The van der Waals surface area contributed by atoms with Gasteiger partial charge in [-0.2, -0.15) is 0 Å². The van der Waals surface area contributed by atoms with Crippen molar-refractivity contribution < 1.29 is 37.1 Å². The van der Waals surface area contributed by atoms with Gasteiger partial charge in [-0.05, 0) is 111 Å². The summed E-state index contributed by atoms with van der Waals surface area (Å²) in [4.78, 5) is 37.2. The molecule has 10 rings (SSSR count). The fourth-order valence-electron chi connectivity index (χ4n) is 11.6. The molecule has 4 fully saturated rings. The number of aromatic amines is 1. The predicted octanol–water partition coefficient (Wildman–Crippen LogP) is 9.65. The van der Waals surface area contributed by atoms with E-state index in [1.54, 1.807) is 19.1 Å². The van der Waals surface area contributed by atoms with Gasteiger partial charge in [0.2, 0.25) is 0 Å². The average molecular weight is 971 g/mol. The minimum atomic E-state index is -4.75. The topological polar surface area (TPSA) is 192 Å². The van der Waals surface area contributed by atoms with E-state index in [0.29, 0.717) is 43.6 Å². The number of sulfonamides is 1. The Hall–Kier alpha value is -5.49. The summed E-state index contributed by atoms with van der Waals surface area (Å²) in [5.41, 5.74) is 2.64. The van der Waals surface area contributed by atoms with E-state index in [2.05, 4.69) is 67.9 Å². The Bertz CT molecular complexity index is 2890. The van der Waals surface area contributed by atoms with E-state index in [9.17, 15) is 32.8 Å². The number of nitro benzene ring substituents is 1. The normalized spacial score (nSPS) is 24.8. The molecule has 2 aliphatic carbocycles. The van der Waals surface area contributed by atoms with Crippen LogP contribution in [0.3, 0.4) is 0 Å². The van der Waals surface area contributed by atoms with E-state index in [1.165, 1.54) is 42.5 Å². The molecule has 0 unspecified atom stereocenters. The minimum absolute atomic E-state index is 0.0398. The Kier molecular flexibility index (Phi) is 12.1. The third-order valence-electron chi connectivity index (χ3n) is 15.4. The van der Waals surface area contributed by atoms with Gasteiger partial charge in [-0.15, -0.1) is 0 Å². The predicted molar refractivity (Wildman–Crippen MR) is 257 cm³/mol. The van der Waals surface area contributed by atoms with Gasteiger partial charge < -0.3 is 29.8 Å². The smallest absolute Gasteiger partial charge is 0.297 e. The second-order valence-electron chi connectivity index (χ2n) is 20.3. The van der Waals surface area contributed by atoms with Crippen molar-refractivity contribution in [2.24, 2.45) is 11.3 Å². The van der Waals surface area contributed by atoms with E-state index in [0.717, 1.165) is 63.0 Å². The van der Waals surface area contributed by atoms with Crippen molar-refractivity contribution in [2.45, 2.75) is 113 Å². The molecular weight excluding hydrogens is 913 g/mol. The van der Waals surface area contributed by atoms with Crippen LogP contribution < -0.4 is 24.4 Å². The summed E-state index contributed by atoms with van der Waals surface area (Å²) in [6.45, 7) is 10.1. The number of hydrogen-bond donors (Lipinski definition) is 4. The van der Waals surface area contributed by atoms with Gasteiger partial charge in [-0.1, -0.05) is 56.1 Å². The van der Waals surface area contributed by atoms with Crippen molar-refractivity contribution in [2.75, 3.05) is 43.0 Å². The molecule has 5 aromatic rings. The molecule has 5 aliphatic rings. The second kappa shape index (κ2) is 17.8. The van der Waals surface area contributed by atoms with Gasteiger partial charge in [0.1, 0.15) is 23.8 Å². The number of likely N-dealkylation sites (tertiary alicyclic amines) is 1. The highest BCUT2D eigenvalue weighted by atomic mass is 35.5. The third-order valence-corrected chi connectivity index (χ3v) is 17.0. The van der Waals surface area contributed by atoms with Gasteiger partial charge in [-0.25, -0.2) is 22.5 Å². The molecule has 2 saturated carbocycles. The first-order valence-electron chi connectivity index (χ1n) is 23.7. The highest BCUT2D eigenvalue weighted by Crippen LogP contribution is 2.49. The standard InChI is InChI=1S/C50H57ClFN7O8S/c1-29(2)33-7-4-5-8-34(33)35-9-6-10-40(35)58-27-50(28-58)17-19-57(20-18-50)31-11-12-36(42(21-31)67-44-24-37-38(52)25-53-47(37)55-46(44)51)48(60)56-68(64,65)32-22-41(59(62)63)45-43(23-32)66-26-39(54-45)30-13-15-49(3,61)16-14-30/h4-5,7-8,11-12,21-25,29-30,35,39-40,54,61H,6,9-10,13-20,26-28H2,1-3H3,(H,53,55)(H,56,60)/t30?,35-,39+,40-,49?/m0/s1. The van der Waals surface area contributed by atoms with Crippen LogP contribution in [-0.2, 0) is 10.0 Å². The zero-order valence-electron chi connectivity index (χ0n) is 38.4. The van der Waals surface area contributed by atoms with Gasteiger partial charge in [0.15, 0.2) is 22.3 Å². The molecule has 1 spiro atoms. The van der Waals surface area contributed by atoms with E-state index >= 15 is 0 Å².